The summed E-state index contributed by atoms with van der Waals surface area (Å²) in [6, 6.07) is 13.4. The molecule has 0 bridgehead atoms. The molecule has 1 unspecified atom stereocenters. The van der Waals surface area contributed by atoms with Gasteiger partial charge in [0.05, 0.1) is 0 Å². The van der Waals surface area contributed by atoms with Gasteiger partial charge in [0, 0.05) is 16.6 Å². The van der Waals surface area contributed by atoms with Crippen molar-refractivity contribution < 1.29 is 4.39 Å². The van der Waals surface area contributed by atoms with Crippen LogP contribution in [0.3, 0.4) is 0 Å². The van der Waals surface area contributed by atoms with E-state index in [1.54, 1.807) is 12.1 Å². The van der Waals surface area contributed by atoms with Crippen LogP contribution < -0.4 is 5.32 Å². The van der Waals surface area contributed by atoms with Crippen LogP contribution in [0, 0.1) is 12.7 Å². The van der Waals surface area contributed by atoms with Gasteiger partial charge in [-0.3, -0.25) is 0 Å². The molecule has 2 aromatic rings. The third-order valence-corrected chi connectivity index (χ3v) is 3.87. The Hall–Kier alpha value is -1.38. The number of hydrogen-bond acceptors (Lipinski definition) is 1. The van der Waals surface area contributed by atoms with Crippen molar-refractivity contribution in [2.45, 2.75) is 32.7 Å². The molecule has 2 rings (SSSR count). The van der Waals surface area contributed by atoms with Gasteiger partial charge < -0.3 is 5.32 Å². The van der Waals surface area contributed by atoms with Crippen molar-refractivity contribution >= 4 is 11.6 Å². The average molecular weight is 306 g/mol. The van der Waals surface area contributed by atoms with Gasteiger partial charge in [0.1, 0.15) is 5.82 Å². The molecule has 21 heavy (non-hydrogen) atoms. The summed E-state index contributed by atoms with van der Waals surface area (Å²) in [5, 5.41) is 3.79. The summed E-state index contributed by atoms with van der Waals surface area (Å²) in [6.45, 7) is 4.92. The summed E-state index contributed by atoms with van der Waals surface area (Å²) in [4.78, 5) is 0. The molecule has 0 spiro atoms. The molecule has 0 fully saturated rings. The number of halogens is 2. The molecular formula is C18H21ClFN. The normalized spacial score (nSPS) is 12.4. The lowest BCUT2D eigenvalue weighted by Crippen LogP contribution is -2.22. The second kappa shape index (κ2) is 7.58. The fraction of sp³-hybridized carbons (Fsp3) is 0.333. The van der Waals surface area contributed by atoms with Crippen LogP contribution in [-0.2, 0) is 6.42 Å². The largest absolute Gasteiger partial charge is 0.310 e. The van der Waals surface area contributed by atoms with E-state index < -0.39 is 0 Å². The molecule has 2 aromatic carbocycles. The van der Waals surface area contributed by atoms with E-state index in [4.69, 9.17) is 11.6 Å². The number of hydrogen-bond donors (Lipinski definition) is 1. The first-order valence-corrected chi connectivity index (χ1v) is 7.72. The molecule has 0 saturated carbocycles. The number of benzene rings is 2. The lowest BCUT2D eigenvalue weighted by Gasteiger charge is -2.19. The molecule has 0 amide bonds. The number of rotatable bonds is 6. The molecule has 0 aromatic heterocycles. The zero-order valence-corrected chi connectivity index (χ0v) is 13.3. The van der Waals surface area contributed by atoms with Crippen LogP contribution in [0.15, 0.2) is 42.5 Å². The van der Waals surface area contributed by atoms with E-state index in [9.17, 15) is 4.39 Å². The summed E-state index contributed by atoms with van der Waals surface area (Å²) in [5.74, 6) is -0.239. The van der Waals surface area contributed by atoms with E-state index in [-0.39, 0.29) is 11.9 Å². The van der Waals surface area contributed by atoms with Gasteiger partial charge in [0.25, 0.3) is 0 Å². The SMILES string of the molecule is CCNC(CCc1ccc(C)cc1)c1ccc(Cl)cc1F. The molecule has 0 saturated heterocycles. The van der Waals surface area contributed by atoms with Crippen molar-refractivity contribution in [3.8, 4) is 0 Å². The quantitative estimate of drug-likeness (QED) is 0.785. The highest BCUT2D eigenvalue weighted by molar-refractivity contribution is 6.30. The van der Waals surface area contributed by atoms with Crippen LogP contribution in [0.1, 0.15) is 36.1 Å². The monoisotopic (exact) mass is 305 g/mol. The lowest BCUT2D eigenvalue weighted by atomic mass is 9.98. The second-order valence-corrected chi connectivity index (χ2v) is 5.74. The van der Waals surface area contributed by atoms with Gasteiger partial charge in [-0.25, -0.2) is 4.39 Å². The third-order valence-electron chi connectivity index (χ3n) is 3.63. The number of nitrogens with one attached hydrogen (secondary N) is 1. The fourth-order valence-corrected chi connectivity index (χ4v) is 2.62. The maximum Gasteiger partial charge on any atom is 0.129 e. The maximum absolute atomic E-state index is 14.1. The Morgan fingerprint density at radius 1 is 1.14 bits per heavy atom. The molecule has 1 nitrogen and oxygen atoms in total. The topological polar surface area (TPSA) is 12.0 Å². The Kier molecular flexibility index (Phi) is 5.77. The highest BCUT2D eigenvalue weighted by Gasteiger charge is 2.15. The zero-order chi connectivity index (χ0) is 15.2. The minimum atomic E-state index is -0.239. The minimum Gasteiger partial charge on any atom is -0.310 e. The van der Waals surface area contributed by atoms with Gasteiger partial charge in [-0.1, -0.05) is 54.4 Å². The van der Waals surface area contributed by atoms with Gasteiger partial charge in [-0.15, -0.1) is 0 Å². The second-order valence-electron chi connectivity index (χ2n) is 5.30. The zero-order valence-electron chi connectivity index (χ0n) is 12.5. The van der Waals surface area contributed by atoms with Crippen LogP contribution in [0.5, 0.6) is 0 Å². The molecule has 0 aliphatic heterocycles. The standard InChI is InChI=1S/C18H21ClFN/c1-3-21-18(16-10-9-15(19)12-17(16)20)11-8-14-6-4-13(2)5-7-14/h4-7,9-10,12,18,21H,3,8,11H2,1-2H3. The van der Waals surface area contributed by atoms with Gasteiger partial charge in [-0.05, 0) is 44.0 Å². The van der Waals surface area contributed by atoms with Crippen molar-refractivity contribution in [3.05, 3.63) is 70.0 Å². The fourth-order valence-electron chi connectivity index (χ4n) is 2.46. The first-order valence-electron chi connectivity index (χ1n) is 7.34. The summed E-state index contributed by atoms with van der Waals surface area (Å²) in [7, 11) is 0. The third kappa shape index (κ3) is 4.55. The molecule has 0 aliphatic rings. The van der Waals surface area contributed by atoms with Gasteiger partial charge in [0.2, 0.25) is 0 Å². The Balaban J connectivity index is 2.09. The lowest BCUT2D eigenvalue weighted by molar-refractivity contribution is 0.485. The highest BCUT2D eigenvalue weighted by atomic mass is 35.5. The van der Waals surface area contributed by atoms with E-state index in [1.807, 2.05) is 6.92 Å². The first-order chi connectivity index (χ1) is 10.1. The van der Waals surface area contributed by atoms with Crippen molar-refractivity contribution in [3.63, 3.8) is 0 Å². The summed E-state index contributed by atoms with van der Waals surface area (Å²) < 4.78 is 14.1. The van der Waals surface area contributed by atoms with Crippen molar-refractivity contribution in [2.75, 3.05) is 6.54 Å². The van der Waals surface area contributed by atoms with E-state index >= 15 is 0 Å². The van der Waals surface area contributed by atoms with Gasteiger partial charge in [-0.2, -0.15) is 0 Å². The van der Waals surface area contributed by atoms with E-state index in [0.29, 0.717) is 10.6 Å². The van der Waals surface area contributed by atoms with Crippen LogP contribution in [0.25, 0.3) is 0 Å². The van der Waals surface area contributed by atoms with Crippen molar-refractivity contribution in [1.82, 2.24) is 5.32 Å². The number of aryl methyl sites for hydroxylation is 2. The summed E-state index contributed by atoms with van der Waals surface area (Å²) in [5.41, 5.74) is 3.22. The average Bonchev–Trinajstić information content (AvgIpc) is 2.46. The maximum atomic E-state index is 14.1. The summed E-state index contributed by atoms with van der Waals surface area (Å²) >= 11 is 5.83. The molecular weight excluding hydrogens is 285 g/mol. The molecule has 1 atom stereocenters. The van der Waals surface area contributed by atoms with Crippen LogP contribution in [0.2, 0.25) is 5.02 Å². The smallest absolute Gasteiger partial charge is 0.129 e. The van der Waals surface area contributed by atoms with Gasteiger partial charge >= 0.3 is 0 Å². The predicted molar refractivity (Wildman–Crippen MR) is 87.3 cm³/mol. The predicted octanol–water partition coefficient (Wildman–Crippen LogP) is 5.07. The molecule has 112 valence electrons. The summed E-state index contributed by atoms with van der Waals surface area (Å²) in [6.07, 6.45) is 1.77. The Bertz CT molecular complexity index is 580. The van der Waals surface area contributed by atoms with Crippen LogP contribution >= 0.6 is 11.6 Å². The highest BCUT2D eigenvalue weighted by Crippen LogP contribution is 2.24. The molecule has 0 radical (unpaired) electrons. The molecule has 0 aliphatic carbocycles. The molecule has 3 heteroatoms. The molecule has 1 N–H and O–H groups in total. The molecule has 0 heterocycles. The van der Waals surface area contributed by atoms with Crippen LogP contribution in [-0.4, -0.2) is 6.54 Å². The van der Waals surface area contributed by atoms with Crippen molar-refractivity contribution in [1.29, 1.82) is 0 Å². The van der Waals surface area contributed by atoms with E-state index in [0.717, 1.165) is 19.4 Å². The van der Waals surface area contributed by atoms with E-state index in [1.165, 1.54) is 17.2 Å². The van der Waals surface area contributed by atoms with E-state index in [2.05, 4.69) is 36.5 Å². The minimum absolute atomic E-state index is 0.00793. The van der Waals surface area contributed by atoms with Crippen LogP contribution in [0.4, 0.5) is 4.39 Å². The Labute approximate surface area is 131 Å². The first kappa shape index (κ1) is 16.0. The van der Waals surface area contributed by atoms with Crippen molar-refractivity contribution in [2.24, 2.45) is 0 Å². The Morgan fingerprint density at radius 3 is 2.48 bits per heavy atom. The Morgan fingerprint density at radius 2 is 1.86 bits per heavy atom. The van der Waals surface area contributed by atoms with Gasteiger partial charge in [0.15, 0.2) is 0 Å².